The summed E-state index contributed by atoms with van der Waals surface area (Å²) in [5, 5.41) is 9.15. The summed E-state index contributed by atoms with van der Waals surface area (Å²) in [6.07, 6.45) is 0.0962. The molecule has 0 aliphatic carbocycles. The second-order valence-corrected chi connectivity index (χ2v) is 3.30. The lowest BCUT2D eigenvalue weighted by Crippen LogP contribution is -2.10. The molecule has 0 saturated heterocycles. The molecular formula is C12H9NO2. The first-order valence-corrected chi connectivity index (χ1v) is 4.62. The van der Waals surface area contributed by atoms with Gasteiger partial charge in [0.15, 0.2) is 5.43 Å². The number of rotatable bonds is 1. The molecular weight excluding hydrogens is 190 g/mol. The molecule has 0 amide bonds. The van der Waals surface area contributed by atoms with Gasteiger partial charge in [-0.2, -0.15) is 5.26 Å². The number of hydrogen-bond acceptors (Lipinski definition) is 3. The van der Waals surface area contributed by atoms with E-state index in [9.17, 15) is 4.79 Å². The number of nitriles is 1. The van der Waals surface area contributed by atoms with Crippen molar-refractivity contribution in [2.75, 3.05) is 0 Å². The van der Waals surface area contributed by atoms with Crippen molar-refractivity contribution in [2.45, 2.75) is 13.3 Å². The zero-order chi connectivity index (χ0) is 10.8. The molecule has 15 heavy (non-hydrogen) atoms. The summed E-state index contributed by atoms with van der Waals surface area (Å²) in [6.45, 7) is 1.71. The van der Waals surface area contributed by atoms with Crippen molar-refractivity contribution >= 4 is 11.0 Å². The van der Waals surface area contributed by atoms with Gasteiger partial charge in [-0.15, -0.1) is 0 Å². The molecule has 0 spiro atoms. The number of nitrogens with zero attached hydrogens (tertiary/aromatic N) is 1. The van der Waals surface area contributed by atoms with Crippen molar-refractivity contribution in [1.82, 2.24) is 0 Å². The minimum Gasteiger partial charge on any atom is -0.461 e. The van der Waals surface area contributed by atoms with Gasteiger partial charge in [0.25, 0.3) is 0 Å². The minimum absolute atomic E-state index is 0.0962. The first-order valence-electron chi connectivity index (χ1n) is 4.62. The molecule has 1 aromatic carbocycles. The fourth-order valence-corrected chi connectivity index (χ4v) is 1.58. The molecule has 2 rings (SSSR count). The molecule has 0 bridgehead atoms. The third kappa shape index (κ3) is 1.50. The molecule has 3 nitrogen and oxygen atoms in total. The molecule has 0 N–H and O–H groups in total. The van der Waals surface area contributed by atoms with Crippen LogP contribution >= 0.6 is 0 Å². The molecule has 3 heteroatoms. The Bertz CT molecular complexity index is 605. The van der Waals surface area contributed by atoms with E-state index >= 15 is 0 Å². The fraction of sp³-hybridized carbons (Fsp3) is 0.167. The van der Waals surface area contributed by atoms with Crippen molar-refractivity contribution in [3.05, 3.63) is 45.8 Å². The highest BCUT2D eigenvalue weighted by atomic mass is 16.3. The summed E-state index contributed by atoms with van der Waals surface area (Å²) in [7, 11) is 0. The second-order valence-electron chi connectivity index (χ2n) is 3.30. The van der Waals surface area contributed by atoms with Crippen LogP contribution in [0.25, 0.3) is 11.0 Å². The van der Waals surface area contributed by atoms with Crippen LogP contribution in [0, 0.1) is 18.3 Å². The third-order valence-corrected chi connectivity index (χ3v) is 2.35. The summed E-state index contributed by atoms with van der Waals surface area (Å²) < 4.78 is 5.48. The van der Waals surface area contributed by atoms with E-state index in [0.717, 1.165) is 0 Å². The highest BCUT2D eigenvalue weighted by molar-refractivity contribution is 5.77. The molecule has 0 atom stereocenters. The lowest BCUT2D eigenvalue weighted by molar-refractivity contribution is 0.557. The van der Waals surface area contributed by atoms with Gasteiger partial charge in [-0.25, -0.2) is 0 Å². The highest BCUT2D eigenvalue weighted by Gasteiger charge is 2.09. The van der Waals surface area contributed by atoms with E-state index in [2.05, 4.69) is 0 Å². The van der Waals surface area contributed by atoms with Crippen LogP contribution in [0.15, 0.2) is 33.5 Å². The zero-order valence-corrected chi connectivity index (χ0v) is 8.28. The van der Waals surface area contributed by atoms with Gasteiger partial charge >= 0.3 is 0 Å². The van der Waals surface area contributed by atoms with Crippen LogP contribution in [0.2, 0.25) is 0 Å². The Balaban J connectivity index is 2.86. The smallest absolute Gasteiger partial charge is 0.197 e. The Labute approximate surface area is 86.6 Å². The van der Waals surface area contributed by atoms with Crippen LogP contribution in [-0.2, 0) is 6.42 Å². The first kappa shape index (κ1) is 9.47. The monoisotopic (exact) mass is 199 g/mol. The fourth-order valence-electron chi connectivity index (χ4n) is 1.58. The van der Waals surface area contributed by atoms with Gasteiger partial charge in [-0.05, 0) is 19.1 Å². The molecule has 0 saturated carbocycles. The van der Waals surface area contributed by atoms with E-state index in [1.165, 1.54) is 0 Å². The summed E-state index contributed by atoms with van der Waals surface area (Å²) in [6, 6.07) is 9.03. The number of aryl methyl sites for hydroxylation is 1. The van der Waals surface area contributed by atoms with Crippen LogP contribution < -0.4 is 5.43 Å². The molecule has 0 aliphatic rings. The number of hydrogen-bond donors (Lipinski definition) is 0. The maximum atomic E-state index is 11.9. The quantitative estimate of drug-likeness (QED) is 0.707. The van der Waals surface area contributed by atoms with E-state index < -0.39 is 0 Å². The Morgan fingerprint density at radius 3 is 2.87 bits per heavy atom. The maximum absolute atomic E-state index is 11.9. The third-order valence-electron chi connectivity index (χ3n) is 2.35. The number of benzene rings is 1. The van der Waals surface area contributed by atoms with Crippen molar-refractivity contribution < 1.29 is 4.42 Å². The molecule has 2 aromatic rings. The number of fused-ring (bicyclic) bond motifs is 1. The van der Waals surface area contributed by atoms with Crippen LogP contribution in [-0.4, -0.2) is 0 Å². The highest BCUT2D eigenvalue weighted by Crippen LogP contribution is 2.14. The Hall–Kier alpha value is -2.08. The van der Waals surface area contributed by atoms with E-state index in [-0.39, 0.29) is 11.8 Å². The first-order chi connectivity index (χ1) is 7.24. The normalized spacial score (nSPS) is 10.1. The summed E-state index contributed by atoms with van der Waals surface area (Å²) in [5.74, 6) is 0.528. The second kappa shape index (κ2) is 3.58. The van der Waals surface area contributed by atoms with Gasteiger partial charge in [0.05, 0.1) is 23.4 Å². The van der Waals surface area contributed by atoms with Crippen molar-refractivity contribution in [3.63, 3.8) is 0 Å². The van der Waals surface area contributed by atoms with E-state index in [4.69, 9.17) is 9.68 Å². The van der Waals surface area contributed by atoms with Crippen LogP contribution in [0.5, 0.6) is 0 Å². The van der Waals surface area contributed by atoms with Crippen LogP contribution in [0.1, 0.15) is 11.3 Å². The van der Waals surface area contributed by atoms with Crippen LogP contribution in [0.4, 0.5) is 0 Å². The molecule has 0 aliphatic heterocycles. The van der Waals surface area contributed by atoms with Crippen LogP contribution in [0.3, 0.4) is 0 Å². The molecule has 0 radical (unpaired) electrons. The topological polar surface area (TPSA) is 54.0 Å². The average molecular weight is 199 g/mol. The molecule has 0 unspecified atom stereocenters. The molecule has 1 heterocycles. The number of para-hydroxylation sites is 1. The van der Waals surface area contributed by atoms with Gasteiger partial charge in [0.1, 0.15) is 11.3 Å². The standard InChI is InChI=1S/C12H9NO2/c1-8-9(6-7-13)12(14)10-4-2-3-5-11(10)15-8/h2-5H,6H2,1H3. The van der Waals surface area contributed by atoms with Gasteiger partial charge in [0, 0.05) is 0 Å². The lowest BCUT2D eigenvalue weighted by atomic mass is 10.1. The Kier molecular flexibility index (Phi) is 2.26. The molecule has 1 aromatic heterocycles. The SMILES string of the molecule is Cc1oc2ccccc2c(=O)c1CC#N. The summed E-state index contributed by atoms with van der Waals surface area (Å²) in [5.41, 5.74) is 0.925. The van der Waals surface area contributed by atoms with E-state index in [0.29, 0.717) is 22.3 Å². The largest absolute Gasteiger partial charge is 0.461 e. The van der Waals surface area contributed by atoms with Gasteiger partial charge < -0.3 is 4.42 Å². The van der Waals surface area contributed by atoms with Gasteiger partial charge in [-0.1, -0.05) is 12.1 Å². The average Bonchev–Trinajstić information content (AvgIpc) is 2.24. The van der Waals surface area contributed by atoms with E-state index in [1.54, 1.807) is 25.1 Å². The van der Waals surface area contributed by atoms with E-state index in [1.807, 2.05) is 12.1 Å². The van der Waals surface area contributed by atoms with Crippen molar-refractivity contribution in [1.29, 1.82) is 5.26 Å². The molecule has 0 fully saturated rings. The predicted octanol–water partition coefficient (Wildman–Crippen LogP) is 2.17. The minimum atomic E-state index is -0.101. The Morgan fingerprint density at radius 1 is 1.40 bits per heavy atom. The van der Waals surface area contributed by atoms with Gasteiger partial charge in [0.2, 0.25) is 0 Å². The summed E-state index contributed by atoms with van der Waals surface area (Å²) in [4.78, 5) is 11.9. The predicted molar refractivity (Wildman–Crippen MR) is 56.5 cm³/mol. The molecule has 74 valence electrons. The van der Waals surface area contributed by atoms with Gasteiger partial charge in [-0.3, -0.25) is 4.79 Å². The van der Waals surface area contributed by atoms with Crippen molar-refractivity contribution in [2.24, 2.45) is 0 Å². The zero-order valence-electron chi connectivity index (χ0n) is 8.28. The summed E-state index contributed by atoms with van der Waals surface area (Å²) >= 11 is 0. The van der Waals surface area contributed by atoms with Crippen molar-refractivity contribution in [3.8, 4) is 6.07 Å². The Morgan fingerprint density at radius 2 is 2.13 bits per heavy atom. The maximum Gasteiger partial charge on any atom is 0.197 e. The lowest BCUT2D eigenvalue weighted by Gasteiger charge is -2.02.